The smallest absolute Gasteiger partial charge is 0.327 e. The van der Waals surface area contributed by atoms with E-state index in [0.29, 0.717) is 18.7 Å². The number of hydrogen-bond donors (Lipinski definition) is 1. The zero-order chi connectivity index (χ0) is 17.4. The van der Waals surface area contributed by atoms with Crippen LogP contribution in [0.25, 0.3) is 0 Å². The summed E-state index contributed by atoms with van der Waals surface area (Å²) in [5.41, 5.74) is 0. The van der Waals surface area contributed by atoms with E-state index < -0.39 is 11.9 Å². The van der Waals surface area contributed by atoms with Crippen molar-refractivity contribution in [3.8, 4) is 0 Å². The number of aromatic amines is 1. The van der Waals surface area contributed by atoms with E-state index in [0.717, 1.165) is 0 Å². The highest BCUT2D eigenvalue weighted by molar-refractivity contribution is 7.71. The summed E-state index contributed by atoms with van der Waals surface area (Å²) in [6, 6.07) is 0. The Morgan fingerprint density at radius 2 is 1.79 bits per heavy atom. The van der Waals surface area contributed by atoms with Crippen LogP contribution in [0.1, 0.15) is 18.7 Å². The van der Waals surface area contributed by atoms with Gasteiger partial charge in [0.2, 0.25) is 4.77 Å². The second-order valence-electron chi connectivity index (χ2n) is 4.70. The lowest BCUT2D eigenvalue weighted by Crippen LogP contribution is -2.17. The van der Waals surface area contributed by atoms with Gasteiger partial charge in [-0.3, -0.25) is 9.59 Å². The van der Waals surface area contributed by atoms with E-state index in [9.17, 15) is 9.59 Å². The predicted octanol–water partition coefficient (Wildman–Crippen LogP) is -0.803. The molecule has 0 saturated carbocycles. The first kappa shape index (κ1) is 17.7. The van der Waals surface area contributed by atoms with E-state index in [4.69, 9.17) is 21.7 Å². The zero-order valence-corrected chi connectivity index (χ0v) is 13.7. The molecule has 2 aromatic rings. The Kier molecular flexibility index (Phi) is 6.48. The molecule has 0 radical (unpaired) electrons. The number of carbonyl (C=O) groups is 2. The number of unbranched alkanes of at least 4 members (excludes halogenated alkanes) is 1. The van der Waals surface area contributed by atoms with Crippen molar-refractivity contribution in [2.24, 2.45) is 0 Å². The van der Waals surface area contributed by atoms with Gasteiger partial charge in [0.25, 0.3) is 0 Å². The van der Waals surface area contributed by atoms with Crippen molar-refractivity contribution >= 4 is 24.2 Å². The maximum Gasteiger partial charge on any atom is 0.327 e. The molecule has 0 aliphatic rings. The third-order valence-corrected chi connectivity index (χ3v) is 3.18. The number of H-pyrrole nitrogens is 1. The van der Waals surface area contributed by atoms with Crippen LogP contribution in [0.2, 0.25) is 0 Å². The molecule has 0 aliphatic carbocycles. The van der Waals surface area contributed by atoms with Crippen molar-refractivity contribution in [2.45, 2.75) is 32.9 Å². The minimum atomic E-state index is -0.455. The molecule has 0 saturated heterocycles. The van der Waals surface area contributed by atoms with Gasteiger partial charge in [-0.15, -0.1) is 5.10 Å². The third-order valence-electron chi connectivity index (χ3n) is 2.87. The molecule has 2 heterocycles. The van der Waals surface area contributed by atoms with Gasteiger partial charge < -0.3 is 9.47 Å². The van der Waals surface area contributed by atoms with Crippen molar-refractivity contribution in [2.75, 3.05) is 13.2 Å². The first-order chi connectivity index (χ1) is 11.6. The fraction of sp³-hybridized carbons (Fsp3) is 0.636. The summed E-state index contributed by atoms with van der Waals surface area (Å²) < 4.78 is 12.9. The Morgan fingerprint density at radius 3 is 2.33 bits per heavy atom. The number of ether oxygens (including phenoxy) is 2. The molecule has 0 fully saturated rings. The minimum Gasteiger partial charge on any atom is -0.464 e. The molecule has 24 heavy (non-hydrogen) atoms. The maximum atomic E-state index is 11.6. The molecule has 0 unspecified atom stereocenters. The predicted molar refractivity (Wildman–Crippen MR) is 78.9 cm³/mol. The maximum absolute atomic E-state index is 11.6. The Morgan fingerprint density at radius 1 is 1.12 bits per heavy atom. The highest BCUT2D eigenvalue weighted by atomic mass is 32.1. The van der Waals surface area contributed by atoms with Crippen LogP contribution in [0.3, 0.4) is 0 Å². The Labute approximate surface area is 141 Å². The molecule has 0 atom stereocenters. The van der Waals surface area contributed by atoms with Crippen LogP contribution in [-0.2, 0) is 32.2 Å². The van der Waals surface area contributed by atoms with E-state index in [1.807, 2.05) is 0 Å². The summed E-state index contributed by atoms with van der Waals surface area (Å²) >= 11 is 4.83. The average Bonchev–Trinajstić information content (AvgIpc) is 3.12. The standard InChI is InChI=1S/C11H16N8O4S/c1-8-12-14-16-18(8)6-9(20)22-4-2-3-5-23-10(21)7-19-11(24)13-15-17-19/h2-7H2,1H3,(H,13,17,24). The first-order valence-electron chi connectivity index (χ1n) is 7.08. The summed E-state index contributed by atoms with van der Waals surface area (Å²) in [4.78, 5) is 23.1. The molecular formula is C11H16N8O4S. The summed E-state index contributed by atoms with van der Waals surface area (Å²) in [6.45, 7) is 2.03. The molecule has 13 heteroatoms. The summed E-state index contributed by atoms with van der Waals surface area (Å²) in [5, 5.41) is 20.2. The number of carbonyl (C=O) groups excluding carboxylic acids is 2. The number of nitrogens with one attached hydrogen (secondary N) is 1. The number of tetrazole rings is 2. The number of hydrogen-bond acceptors (Lipinski definition) is 10. The summed E-state index contributed by atoms with van der Waals surface area (Å²) in [5.74, 6) is -0.349. The first-order valence-corrected chi connectivity index (χ1v) is 7.49. The van der Waals surface area contributed by atoms with E-state index in [1.165, 1.54) is 9.36 Å². The largest absolute Gasteiger partial charge is 0.464 e. The number of rotatable bonds is 9. The highest BCUT2D eigenvalue weighted by Gasteiger charge is 2.09. The molecule has 0 aliphatic heterocycles. The van der Waals surface area contributed by atoms with Gasteiger partial charge in [0.15, 0.2) is 0 Å². The molecule has 0 spiro atoms. The van der Waals surface area contributed by atoms with Crippen molar-refractivity contribution in [1.82, 2.24) is 40.4 Å². The molecule has 1 N–H and O–H groups in total. The highest BCUT2D eigenvalue weighted by Crippen LogP contribution is 1.96. The number of nitrogens with zero attached hydrogens (tertiary/aromatic N) is 7. The van der Waals surface area contributed by atoms with E-state index in [2.05, 4.69) is 31.1 Å². The van der Waals surface area contributed by atoms with Crippen LogP contribution >= 0.6 is 12.2 Å². The lowest BCUT2D eigenvalue weighted by Gasteiger charge is -2.06. The van der Waals surface area contributed by atoms with Crippen molar-refractivity contribution in [1.29, 1.82) is 0 Å². The Hall–Kier alpha value is -2.70. The van der Waals surface area contributed by atoms with Gasteiger partial charge in [-0.25, -0.2) is 9.36 Å². The molecule has 0 aromatic carbocycles. The minimum absolute atomic E-state index is 0.0350. The SMILES string of the molecule is Cc1nnnn1CC(=O)OCCCCOC(=O)Cn1[nH]nnc1=S. The number of aromatic nitrogens is 8. The summed E-state index contributed by atoms with van der Waals surface area (Å²) in [6.07, 6.45) is 1.13. The van der Waals surface area contributed by atoms with Gasteiger partial charge in [0.05, 0.1) is 13.2 Å². The van der Waals surface area contributed by atoms with E-state index in [-0.39, 0.29) is 31.1 Å². The van der Waals surface area contributed by atoms with Gasteiger partial charge in [-0.2, -0.15) is 5.21 Å². The fourth-order valence-corrected chi connectivity index (χ4v) is 1.78. The Bertz CT molecular complexity index is 738. The van der Waals surface area contributed by atoms with Gasteiger partial charge in [-0.1, -0.05) is 10.3 Å². The topological polar surface area (TPSA) is 143 Å². The molecule has 12 nitrogen and oxygen atoms in total. The number of esters is 2. The molecule has 0 amide bonds. The third kappa shape index (κ3) is 5.49. The van der Waals surface area contributed by atoms with E-state index >= 15 is 0 Å². The quantitative estimate of drug-likeness (QED) is 0.344. The van der Waals surface area contributed by atoms with Crippen LogP contribution in [0.4, 0.5) is 0 Å². The van der Waals surface area contributed by atoms with E-state index in [1.54, 1.807) is 6.92 Å². The molecule has 0 bridgehead atoms. The van der Waals surface area contributed by atoms with Crippen LogP contribution in [0.15, 0.2) is 0 Å². The van der Waals surface area contributed by atoms with Gasteiger partial charge >= 0.3 is 11.9 Å². The molecule has 2 aromatic heterocycles. The second kappa shape index (κ2) is 8.81. The summed E-state index contributed by atoms with van der Waals surface area (Å²) in [7, 11) is 0. The van der Waals surface area contributed by atoms with Crippen molar-refractivity contribution < 1.29 is 19.1 Å². The zero-order valence-electron chi connectivity index (χ0n) is 12.9. The van der Waals surface area contributed by atoms with Crippen molar-refractivity contribution in [3.63, 3.8) is 0 Å². The molecule has 2 rings (SSSR count). The lowest BCUT2D eigenvalue weighted by atomic mass is 10.3. The van der Waals surface area contributed by atoms with Crippen LogP contribution < -0.4 is 0 Å². The monoisotopic (exact) mass is 356 g/mol. The van der Waals surface area contributed by atoms with Gasteiger partial charge in [0, 0.05) is 0 Å². The molecular weight excluding hydrogens is 340 g/mol. The van der Waals surface area contributed by atoms with Crippen molar-refractivity contribution in [3.05, 3.63) is 10.6 Å². The molecule has 130 valence electrons. The Balaban J connectivity index is 1.53. The normalized spacial score (nSPS) is 10.5. The number of aryl methyl sites for hydroxylation is 1. The van der Waals surface area contributed by atoms with Gasteiger partial charge in [0.1, 0.15) is 18.9 Å². The van der Waals surface area contributed by atoms with Crippen LogP contribution in [0, 0.1) is 11.7 Å². The lowest BCUT2D eigenvalue weighted by molar-refractivity contribution is -0.147. The fourth-order valence-electron chi connectivity index (χ4n) is 1.63. The van der Waals surface area contributed by atoms with Crippen LogP contribution in [0.5, 0.6) is 0 Å². The average molecular weight is 356 g/mol. The second-order valence-corrected chi connectivity index (χ2v) is 5.07. The van der Waals surface area contributed by atoms with Crippen LogP contribution in [-0.4, -0.2) is 65.6 Å². The van der Waals surface area contributed by atoms with Gasteiger partial charge in [-0.05, 0) is 42.4 Å².